The number of amides is 1. The average Bonchev–Trinajstić information content (AvgIpc) is 2.91. The molecule has 1 heterocycles. The van der Waals surface area contributed by atoms with Gasteiger partial charge in [-0.3, -0.25) is 4.79 Å². The van der Waals surface area contributed by atoms with E-state index >= 15 is 0 Å². The normalized spacial score (nSPS) is 10.9. The number of H-pyrrole nitrogens is 1. The summed E-state index contributed by atoms with van der Waals surface area (Å²) in [5, 5.41) is 13.1. The third-order valence-electron chi connectivity index (χ3n) is 4.31. The summed E-state index contributed by atoms with van der Waals surface area (Å²) < 4.78 is 0. The Morgan fingerprint density at radius 3 is 2.54 bits per heavy atom. The van der Waals surface area contributed by atoms with E-state index in [9.17, 15) is 4.79 Å². The van der Waals surface area contributed by atoms with Crippen LogP contribution in [0.25, 0.3) is 10.9 Å². The summed E-state index contributed by atoms with van der Waals surface area (Å²) >= 11 is 0. The number of aliphatic hydroxyl groups excluding tert-OH is 1. The molecule has 3 aromatic rings. The van der Waals surface area contributed by atoms with Gasteiger partial charge in [-0.1, -0.05) is 42.5 Å². The summed E-state index contributed by atoms with van der Waals surface area (Å²) in [6.07, 6.45) is 1.17. The Bertz CT molecular complexity index is 834. The number of aliphatic hydroxyl groups is 1. The molecule has 24 heavy (non-hydrogen) atoms. The predicted octanol–water partition coefficient (Wildman–Crippen LogP) is 2.87. The number of aromatic amines is 1. The highest BCUT2D eigenvalue weighted by atomic mass is 16.3. The lowest BCUT2D eigenvalue weighted by molar-refractivity contribution is -0.120. The minimum Gasteiger partial charge on any atom is -0.392 e. The summed E-state index contributed by atoms with van der Waals surface area (Å²) in [5.74, 6) is 0.0369. The Kier molecular flexibility index (Phi) is 4.96. The zero-order valence-corrected chi connectivity index (χ0v) is 13.8. The van der Waals surface area contributed by atoms with Gasteiger partial charge >= 0.3 is 0 Å². The molecule has 0 aliphatic rings. The van der Waals surface area contributed by atoms with Gasteiger partial charge in [0.15, 0.2) is 0 Å². The van der Waals surface area contributed by atoms with Gasteiger partial charge < -0.3 is 15.4 Å². The summed E-state index contributed by atoms with van der Waals surface area (Å²) in [5.41, 5.74) is 5.23. The Morgan fingerprint density at radius 2 is 1.79 bits per heavy atom. The van der Waals surface area contributed by atoms with Gasteiger partial charge in [-0.25, -0.2) is 0 Å². The minimum atomic E-state index is 0.0369. The fourth-order valence-electron chi connectivity index (χ4n) is 2.94. The third-order valence-corrected chi connectivity index (χ3v) is 4.31. The molecule has 1 amide bonds. The lowest BCUT2D eigenvalue weighted by Gasteiger charge is -2.06. The Labute approximate surface area is 141 Å². The maximum atomic E-state index is 12.2. The van der Waals surface area contributed by atoms with Crippen molar-refractivity contribution in [2.75, 3.05) is 6.54 Å². The van der Waals surface area contributed by atoms with Gasteiger partial charge in [0.1, 0.15) is 0 Å². The quantitative estimate of drug-likeness (QED) is 0.653. The topological polar surface area (TPSA) is 65.1 Å². The van der Waals surface area contributed by atoms with Crippen molar-refractivity contribution >= 4 is 16.8 Å². The molecule has 0 atom stereocenters. The van der Waals surface area contributed by atoms with Gasteiger partial charge in [-0.15, -0.1) is 0 Å². The highest BCUT2D eigenvalue weighted by Crippen LogP contribution is 2.22. The summed E-state index contributed by atoms with van der Waals surface area (Å²) in [6.45, 7) is 2.67. The van der Waals surface area contributed by atoms with Crippen molar-refractivity contribution in [2.45, 2.75) is 26.4 Å². The van der Waals surface area contributed by atoms with Gasteiger partial charge in [0.2, 0.25) is 5.91 Å². The van der Waals surface area contributed by atoms with E-state index in [0.29, 0.717) is 13.0 Å². The molecule has 0 bridgehead atoms. The van der Waals surface area contributed by atoms with Crippen LogP contribution < -0.4 is 5.32 Å². The van der Waals surface area contributed by atoms with Crippen LogP contribution in [0.4, 0.5) is 0 Å². The summed E-state index contributed by atoms with van der Waals surface area (Å²) in [7, 11) is 0. The number of fused-ring (bicyclic) bond motifs is 1. The predicted molar refractivity (Wildman–Crippen MR) is 95.8 cm³/mol. The molecule has 4 nitrogen and oxygen atoms in total. The molecular formula is C20H22N2O2. The number of rotatable bonds is 6. The maximum absolute atomic E-state index is 12.2. The van der Waals surface area contributed by atoms with Crippen molar-refractivity contribution in [1.82, 2.24) is 10.3 Å². The molecule has 3 rings (SSSR count). The molecule has 1 aromatic heterocycles. The van der Waals surface area contributed by atoms with E-state index in [1.807, 2.05) is 55.5 Å². The molecule has 3 N–H and O–H groups in total. The zero-order valence-electron chi connectivity index (χ0n) is 13.8. The molecule has 0 aliphatic carbocycles. The molecule has 124 valence electrons. The van der Waals surface area contributed by atoms with Crippen molar-refractivity contribution in [3.8, 4) is 0 Å². The number of benzene rings is 2. The van der Waals surface area contributed by atoms with E-state index in [1.165, 1.54) is 0 Å². The lowest BCUT2D eigenvalue weighted by atomic mass is 10.1. The Hall–Kier alpha value is -2.59. The van der Waals surface area contributed by atoms with Gasteiger partial charge in [-0.2, -0.15) is 0 Å². The third kappa shape index (κ3) is 3.66. The number of hydrogen-bond donors (Lipinski definition) is 3. The summed E-state index contributed by atoms with van der Waals surface area (Å²) in [6, 6.07) is 15.9. The number of hydrogen-bond acceptors (Lipinski definition) is 2. The van der Waals surface area contributed by atoms with Crippen LogP contribution in [0.15, 0.2) is 48.5 Å². The maximum Gasteiger partial charge on any atom is 0.224 e. The van der Waals surface area contributed by atoms with Crippen molar-refractivity contribution in [1.29, 1.82) is 0 Å². The van der Waals surface area contributed by atoms with Gasteiger partial charge in [-0.05, 0) is 36.1 Å². The zero-order chi connectivity index (χ0) is 16.9. The molecule has 0 saturated heterocycles. The van der Waals surface area contributed by atoms with E-state index < -0.39 is 0 Å². The van der Waals surface area contributed by atoms with E-state index in [1.54, 1.807) is 0 Å². The molecular weight excluding hydrogens is 300 g/mol. The number of carbonyl (C=O) groups excluding carboxylic acids is 1. The van der Waals surface area contributed by atoms with Crippen LogP contribution in [0.5, 0.6) is 0 Å². The second-order valence-corrected chi connectivity index (χ2v) is 6.03. The van der Waals surface area contributed by atoms with Crippen molar-refractivity contribution < 1.29 is 9.90 Å². The molecule has 0 fully saturated rings. The molecule has 0 spiro atoms. The van der Waals surface area contributed by atoms with Crippen LogP contribution >= 0.6 is 0 Å². The summed E-state index contributed by atoms with van der Waals surface area (Å²) in [4.78, 5) is 15.6. The average molecular weight is 322 g/mol. The van der Waals surface area contributed by atoms with Gasteiger partial charge in [0.25, 0.3) is 0 Å². The molecule has 4 heteroatoms. The Balaban J connectivity index is 1.56. The molecule has 0 aliphatic heterocycles. The second kappa shape index (κ2) is 7.32. The van der Waals surface area contributed by atoms with E-state index in [0.717, 1.165) is 39.7 Å². The van der Waals surface area contributed by atoms with E-state index in [-0.39, 0.29) is 12.5 Å². The molecule has 0 unspecified atom stereocenters. The van der Waals surface area contributed by atoms with Crippen molar-refractivity contribution in [3.05, 3.63) is 70.9 Å². The fourth-order valence-corrected chi connectivity index (χ4v) is 2.94. The van der Waals surface area contributed by atoms with Gasteiger partial charge in [0.05, 0.1) is 13.0 Å². The number of carbonyl (C=O) groups is 1. The first-order chi connectivity index (χ1) is 11.7. The smallest absolute Gasteiger partial charge is 0.224 e. The Morgan fingerprint density at radius 1 is 1.08 bits per heavy atom. The lowest BCUT2D eigenvalue weighted by Crippen LogP contribution is -2.27. The number of aromatic nitrogens is 1. The van der Waals surface area contributed by atoms with Crippen molar-refractivity contribution in [3.63, 3.8) is 0 Å². The fraction of sp³-hybridized carbons (Fsp3) is 0.250. The van der Waals surface area contributed by atoms with Crippen LogP contribution in [0.3, 0.4) is 0 Å². The van der Waals surface area contributed by atoms with Crippen LogP contribution in [0, 0.1) is 6.92 Å². The van der Waals surface area contributed by atoms with E-state index in [4.69, 9.17) is 5.11 Å². The van der Waals surface area contributed by atoms with Crippen LogP contribution in [-0.4, -0.2) is 22.5 Å². The standard InChI is InChI=1S/C20H22N2O2/c1-14-18(17-4-2-3-5-19(17)22-14)12-20(24)21-11-10-15-6-8-16(13-23)9-7-15/h2-9,22-23H,10-13H2,1H3,(H,21,24). The van der Waals surface area contributed by atoms with Crippen LogP contribution in [0.1, 0.15) is 22.4 Å². The first-order valence-corrected chi connectivity index (χ1v) is 8.19. The first-order valence-electron chi connectivity index (χ1n) is 8.19. The van der Waals surface area contributed by atoms with Crippen LogP contribution in [0.2, 0.25) is 0 Å². The highest BCUT2D eigenvalue weighted by molar-refractivity contribution is 5.90. The van der Waals surface area contributed by atoms with Crippen LogP contribution in [-0.2, 0) is 24.2 Å². The molecule has 0 radical (unpaired) electrons. The SMILES string of the molecule is Cc1[nH]c2ccccc2c1CC(=O)NCCc1ccc(CO)cc1. The second-order valence-electron chi connectivity index (χ2n) is 6.03. The monoisotopic (exact) mass is 322 g/mol. The highest BCUT2D eigenvalue weighted by Gasteiger charge is 2.11. The van der Waals surface area contributed by atoms with E-state index in [2.05, 4.69) is 10.3 Å². The minimum absolute atomic E-state index is 0.0369. The number of aryl methyl sites for hydroxylation is 1. The number of para-hydroxylation sites is 1. The number of nitrogens with one attached hydrogen (secondary N) is 2. The van der Waals surface area contributed by atoms with Crippen molar-refractivity contribution in [2.24, 2.45) is 0 Å². The largest absolute Gasteiger partial charge is 0.392 e. The first kappa shape index (κ1) is 16.3. The van der Waals surface area contributed by atoms with Gasteiger partial charge in [0, 0.05) is 23.1 Å². The molecule has 0 saturated carbocycles. The molecule has 2 aromatic carbocycles.